The van der Waals surface area contributed by atoms with Gasteiger partial charge in [-0.1, -0.05) is 19.1 Å². The highest BCUT2D eigenvalue weighted by Gasteiger charge is 2.19. The highest BCUT2D eigenvalue weighted by atomic mass is 16.5. The smallest absolute Gasteiger partial charge is 0.307 e. The van der Waals surface area contributed by atoms with Crippen LogP contribution >= 0.6 is 0 Å². The zero-order chi connectivity index (χ0) is 14.5. The van der Waals surface area contributed by atoms with Crippen molar-refractivity contribution in [3.05, 3.63) is 29.3 Å². The van der Waals surface area contributed by atoms with Crippen LogP contribution in [-0.2, 0) is 27.2 Å². The third kappa shape index (κ3) is 3.57. The Morgan fingerprint density at radius 1 is 1.50 bits per heavy atom. The minimum Gasteiger partial charge on any atom is -0.469 e. The summed E-state index contributed by atoms with van der Waals surface area (Å²) in [6.07, 6.45) is 1.52. The van der Waals surface area contributed by atoms with Crippen molar-refractivity contribution in [1.29, 1.82) is 0 Å². The molecule has 108 valence electrons. The van der Waals surface area contributed by atoms with Crippen molar-refractivity contribution in [3.8, 4) is 0 Å². The van der Waals surface area contributed by atoms with Gasteiger partial charge in [-0.3, -0.25) is 9.59 Å². The van der Waals surface area contributed by atoms with Crippen molar-refractivity contribution < 1.29 is 14.3 Å². The Balaban J connectivity index is 2.05. The first-order valence-electron chi connectivity index (χ1n) is 6.84. The third-order valence-electron chi connectivity index (χ3n) is 3.41. The van der Waals surface area contributed by atoms with Crippen molar-refractivity contribution in [2.45, 2.75) is 32.2 Å². The van der Waals surface area contributed by atoms with Crippen LogP contribution in [0.3, 0.4) is 0 Å². The summed E-state index contributed by atoms with van der Waals surface area (Å²) in [6.45, 7) is 2.81. The number of likely N-dealkylation sites (N-methyl/N-ethyl adjacent to an activating group) is 1. The van der Waals surface area contributed by atoms with Gasteiger partial charge in [-0.15, -0.1) is 0 Å². The van der Waals surface area contributed by atoms with E-state index in [9.17, 15) is 9.59 Å². The highest BCUT2D eigenvalue weighted by molar-refractivity contribution is 5.99. The molecule has 0 saturated carbocycles. The van der Waals surface area contributed by atoms with Gasteiger partial charge in [0.15, 0.2) is 0 Å². The van der Waals surface area contributed by atoms with Gasteiger partial charge in [0.2, 0.25) is 5.91 Å². The number of esters is 1. The van der Waals surface area contributed by atoms with Gasteiger partial charge in [-0.05, 0) is 30.2 Å². The molecule has 1 aromatic rings. The van der Waals surface area contributed by atoms with Gasteiger partial charge in [0.25, 0.3) is 0 Å². The topological polar surface area (TPSA) is 67.4 Å². The zero-order valence-corrected chi connectivity index (χ0v) is 11.9. The second-order valence-corrected chi connectivity index (χ2v) is 4.96. The van der Waals surface area contributed by atoms with E-state index in [4.69, 9.17) is 4.74 Å². The maximum Gasteiger partial charge on any atom is 0.307 e. The average Bonchev–Trinajstić information content (AvgIpc) is 2.78. The SMILES string of the molecule is CCNC(CC(=O)OC)Cc1ccc2c(c1)CC(=O)N2. The monoisotopic (exact) mass is 276 g/mol. The molecular weight excluding hydrogens is 256 g/mol. The molecular formula is C15H20N2O3. The van der Waals surface area contributed by atoms with E-state index in [1.807, 2.05) is 25.1 Å². The molecule has 20 heavy (non-hydrogen) atoms. The maximum absolute atomic E-state index is 11.4. The van der Waals surface area contributed by atoms with E-state index in [0.29, 0.717) is 12.8 Å². The maximum atomic E-state index is 11.4. The molecule has 5 nitrogen and oxygen atoms in total. The van der Waals surface area contributed by atoms with E-state index in [1.165, 1.54) is 7.11 Å². The number of carbonyl (C=O) groups is 2. The molecule has 0 aliphatic carbocycles. The molecule has 1 aromatic carbocycles. The molecule has 0 saturated heterocycles. The van der Waals surface area contributed by atoms with E-state index < -0.39 is 0 Å². The Morgan fingerprint density at radius 2 is 2.30 bits per heavy atom. The van der Waals surface area contributed by atoms with E-state index in [0.717, 1.165) is 29.8 Å². The molecule has 0 bridgehead atoms. The van der Waals surface area contributed by atoms with Crippen LogP contribution in [0.25, 0.3) is 0 Å². The van der Waals surface area contributed by atoms with Gasteiger partial charge in [0.1, 0.15) is 0 Å². The largest absolute Gasteiger partial charge is 0.469 e. The lowest BCUT2D eigenvalue weighted by atomic mass is 10.00. The molecule has 1 aliphatic rings. The fourth-order valence-corrected chi connectivity index (χ4v) is 2.48. The number of fused-ring (bicyclic) bond motifs is 1. The van der Waals surface area contributed by atoms with Gasteiger partial charge in [-0.25, -0.2) is 0 Å². The number of methoxy groups -OCH3 is 1. The van der Waals surface area contributed by atoms with Gasteiger partial charge < -0.3 is 15.4 Å². The second-order valence-electron chi connectivity index (χ2n) is 4.96. The van der Waals surface area contributed by atoms with Crippen LogP contribution in [0.5, 0.6) is 0 Å². The minimum atomic E-state index is -0.214. The van der Waals surface area contributed by atoms with Crippen LogP contribution in [0, 0.1) is 0 Å². The molecule has 1 unspecified atom stereocenters. The number of hydrogen-bond acceptors (Lipinski definition) is 4. The molecule has 1 amide bonds. The number of anilines is 1. The van der Waals surface area contributed by atoms with Crippen LogP contribution in [0.15, 0.2) is 18.2 Å². The summed E-state index contributed by atoms with van der Waals surface area (Å²) < 4.78 is 4.72. The van der Waals surface area contributed by atoms with Crippen molar-refractivity contribution >= 4 is 17.6 Å². The van der Waals surface area contributed by atoms with Crippen molar-refractivity contribution in [2.75, 3.05) is 19.0 Å². The predicted molar refractivity (Wildman–Crippen MR) is 76.6 cm³/mol. The number of hydrogen-bond donors (Lipinski definition) is 2. The Kier molecular flexibility index (Phi) is 4.74. The van der Waals surface area contributed by atoms with E-state index >= 15 is 0 Å². The van der Waals surface area contributed by atoms with Crippen LogP contribution in [0.4, 0.5) is 5.69 Å². The standard InChI is InChI=1S/C15H20N2O3/c1-3-16-12(9-15(19)20-2)7-10-4-5-13-11(6-10)8-14(18)17-13/h4-6,12,16H,3,7-9H2,1-2H3,(H,17,18). The van der Waals surface area contributed by atoms with Crippen molar-refractivity contribution in [2.24, 2.45) is 0 Å². The number of amides is 1. The summed E-state index contributed by atoms with van der Waals surface area (Å²) in [4.78, 5) is 22.7. The van der Waals surface area contributed by atoms with Crippen molar-refractivity contribution in [1.82, 2.24) is 5.32 Å². The van der Waals surface area contributed by atoms with E-state index in [1.54, 1.807) is 0 Å². The van der Waals surface area contributed by atoms with Crippen molar-refractivity contribution in [3.63, 3.8) is 0 Å². The molecule has 2 rings (SSSR count). The third-order valence-corrected chi connectivity index (χ3v) is 3.41. The van der Waals surface area contributed by atoms with E-state index in [2.05, 4.69) is 10.6 Å². The summed E-state index contributed by atoms with van der Waals surface area (Å²) in [5, 5.41) is 6.11. The van der Waals surface area contributed by atoms with Gasteiger partial charge in [0.05, 0.1) is 20.0 Å². The molecule has 0 spiro atoms. The number of ether oxygens (including phenoxy) is 1. The summed E-state index contributed by atoms with van der Waals surface area (Å²) in [6, 6.07) is 6.01. The highest BCUT2D eigenvalue weighted by Crippen LogP contribution is 2.24. The summed E-state index contributed by atoms with van der Waals surface area (Å²) >= 11 is 0. The lowest BCUT2D eigenvalue weighted by Gasteiger charge is -2.17. The minimum absolute atomic E-state index is 0.0370. The Hall–Kier alpha value is -1.88. The van der Waals surface area contributed by atoms with Crippen LogP contribution < -0.4 is 10.6 Å². The Morgan fingerprint density at radius 3 is 3.00 bits per heavy atom. The zero-order valence-electron chi connectivity index (χ0n) is 11.9. The van der Waals surface area contributed by atoms with Crippen LogP contribution in [0.1, 0.15) is 24.5 Å². The fraction of sp³-hybridized carbons (Fsp3) is 0.467. The van der Waals surface area contributed by atoms with Gasteiger partial charge in [0, 0.05) is 11.7 Å². The predicted octanol–water partition coefficient (Wildman–Crippen LogP) is 1.26. The summed E-state index contributed by atoms with van der Waals surface area (Å²) in [5.74, 6) is -0.177. The first-order valence-corrected chi connectivity index (χ1v) is 6.84. The number of nitrogens with one attached hydrogen (secondary N) is 2. The molecule has 1 heterocycles. The first kappa shape index (κ1) is 14.5. The van der Waals surface area contributed by atoms with Crippen LogP contribution in [-0.4, -0.2) is 31.6 Å². The quantitative estimate of drug-likeness (QED) is 0.768. The number of benzene rings is 1. The molecule has 0 aromatic heterocycles. The number of carbonyl (C=O) groups excluding carboxylic acids is 2. The lowest BCUT2D eigenvalue weighted by molar-refractivity contribution is -0.141. The van der Waals surface area contributed by atoms with Gasteiger partial charge in [-0.2, -0.15) is 0 Å². The fourth-order valence-electron chi connectivity index (χ4n) is 2.48. The summed E-state index contributed by atoms with van der Waals surface area (Å²) in [7, 11) is 1.40. The second kappa shape index (κ2) is 6.52. The van der Waals surface area contributed by atoms with Gasteiger partial charge >= 0.3 is 5.97 Å². The Labute approximate surface area is 118 Å². The molecule has 1 atom stereocenters. The van der Waals surface area contributed by atoms with Crippen LogP contribution in [0.2, 0.25) is 0 Å². The normalized spacial score (nSPS) is 14.6. The molecule has 0 radical (unpaired) electrons. The first-order chi connectivity index (χ1) is 9.62. The van der Waals surface area contributed by atoms with E-state index in [-0.39, 0.29) is 17.9 Å². The Bertz CT molecular complexity index is 514. The average molecular weight is 276 g/mol. The molecule has 5 heteroatoms. The molecule has 0 fully saturated rings. The molecule has 2 N–H and O–H groups in total. The number of rotatable bonds is 6. The summed E-state index contributed by atoms with van der Waals surface area (Å²) in [5.41, 5.74) is 3.04. The molecule has 1 aliphatic heterocycles. The lowest BCUT2D eigenvalue weighted by Crippen LogP contribution is -2.33.